The van der Waals surface area contributed by atoms with Gasteiger partial charge in [0.25, 0.3) is 0 Å². The molecule has 1 rings (SSSR count). The summed E-state index contributed by atoms with van der Waals surface area (Å²) in [6, 6.07) is 0. The molecule has 3 N–H and O–H groups in total. The van der Waals surface area contributed by atoms with Crippen LogP contribution in [-0.2, 0) is 9.59 Å². The molecule has 0 unspecified atom stereocenters. The molecule has 1 fully saturated rings. The molecule has 2 amide bonds. The van der Waals surface area contributed by atoms with Crippen molar-refractivity contribution in [3.05, 3.63) is 0 Å². The Labute approximate surface area is 139 Å². The highest BCUT2D eigenvalue weighted by atomic mass is 16.2. The van der Waals surface area contributed by atoms with Crippen LogP contribution < -0.4 is 16.0 Å². The first kappa shape index (κ1) is 19.3. The fourth-order valence-corrected chi connectivity index (χ4v) is 2.20. The molecule has 0 radical (unpaired) electrons. The quantitative estimate of drug-likeness (QED) is 0.307. The summed E-state index contributed by atoms with van der Waals surface area (Å²) in [6.45, 7) is 9.83. The standard InChI is InChI=1S/C16H31N5O2/c1-4-17-16(19-10-9-14(22)21(5-2)6-3)20-12-11-18-15(23)13-7-8-13/h13H,4-12H2,1-3H3,(H,18,23)(H2,17,19,20). The molecule has 0 heterocycles. The molecule has 0 aromatic rings. The van der Waals surface area contributed by atoms with E-state index < -0.39 is 0 Å². The molecule has 7 nitrogen and oxygen atoms in total. The molecule has 0 aromatic heterocycles. The Kier molecular flexibility index (Phi) is 9.09. The van der Waals surface area contributed by atoms with Gasteiger partial charge in [-0.2, -0.15) is 0 Å². The first-order valence-electron chi connectivity index (χ1n) is 8.69. The van der Waals surface area contributed by atoms with Gasteiger partial charge in [0.15, 0.2) is 5.96 Å². The molecule has 0 aromatic carbocycles. The Morgan fingerprint density at radius 3 is 2.26 bits per heavy atom. The topological polar surface area (TPSA) is 85.8 Å². The van der Waals surface area contributed by atoms with Crippen molar-refractivity contribution in [3.63, 3.8) is 0 Å². The Hall–Kier alpha value is -1.79. The van der Waals surface area contributed by atoms with Crippen LogP contribution in [0.3, 0.4) is 0 Å². The lowest BCUT2D eigenvalue weighted by molar-refractivity contribution is -0.130. The summed E-state index contributed by atoms with van der Waals surface area (Å²) >= 11 is 0. The van der Waals surface area contributed by atoms with Crippen molar-refractivity contribution in [3.8, 4) is 0 Å². The molecule has 0 spiro atoms. The molecular formula is C16H31N5O2. The Morgan fingerprint density at radius 2 is 1.70 bits per heavy atom. The van der Waals surface area contributed by atoms with Crippen LogP contribution in [0.25, 0.3) is 0 Å². The summed E-state index contributed by atoms with van der Waals surface area (Å²) in [6.07, 6.45) is 2.45. The molecule has 0 saturated heterocycles. The third-order valence-electron chi connectivity index (χ3n) is 3.72. The zero-order valence-electron chi connectivity index (χ0n) is 14.7. The number of guanidine groups is 1. The van der Waals surface area contributed by atoms with Crippen molar-refractivity contribution in [2.75, 3.05) is 39.3 Å². The highest BCUT2D eigenvalue weighted by Gasteiger charge is 2.28. The Morgan fingerprint density at radius 1 is 1.04 bits per heavy atom. The SMILES string of the molecule is CCNC(=NCCC(=O)N(CC)CC)NCCNC(=O)C1CC1. The van der Waals surface area contributed by atoms with Gasteiger partial charge in [-0.15, -0.1) is 0 Å². The minimum absolute atomic E-state index is 0.131. The summed E-state index contributed by atoms with van der Waals surface area (Å²) in [5.74, 6) is 1.20. The van der Waals surface area contributed by atoms with E-state index in [2.05, 4.69) is 20.9 Å². The largest absolute Gasteiger partial charge is 0.357 e. The second-order valence-corrected chi connectivity index (χ2v) is 5.57. The van der Waals surface area contributed by atoms with E-state index in [9.17, 15) is 9.59 Å². The number of rotatable bonds is 10. The zero-order valence-corrected chi connectivity index (χ0v) is 14.7. The maximum Gasteiger partial charge on any atom is 0.224 e. The van der Waals surface area contributed by atoms with Crippen molar-refractivity contribution >= 4 is 17.8 Å². The van der Waals surface area contributed by atoms with Gasteiger partial charge in [-0.25, -0.2) is 0 Å². The Balaban J connectivity index is 2.25. The summed E-state index contributed by atoms with van der Waals surface area (Å²) < 4.78 is 0. The lowest BCUT2D eigenvalue weighted by Gasteiger charge is -2.18. The van der Waals surface area contributed by atoms with Crippen molar-refractivity contribution in [2.24, 2.45) is 10.9 Å². The zero-order chi connectivity index (χ0) is 17.1. The van der Waals surface area contributed by atoms with Gasteiger partial charge in [-0.05, 0) is 33.6 Å². The smallest absolute Gasteiger partial charge is 0.224 e. The van der Waals surface area contributed by atoms with Crippen LogP contribution in [0, 0.1) is 5.92 Å². The highest BCUT2D eigenvalue weighted by Crippen LogP contribution is 2.28. The first-order valence-corrected chi connectivity index (χ1v) is 8.69. The average Bonchev–Trinajstić information content (AvgIpc) is 3.37. The van der Waals surface area contributed by atoms with Crippen LogP contribution in [-0.4, -0.2) is 61.9 Å². The predicted molar refractivity (Wildman–Crippen MR) is 92.3 cm³/mol. The fourth-order valence-electron chi connectivity index (χ4n) is 2.20. The molecule has 0 aliphatic heterocycles. The van der Waals surface area contributed by atoms with Gasteiger partial charge in [-0.3, -0.25) is 14.6 Å². The van der Waals surface area contributed by atoms with E-state index in [0.29, 0.717) is 32.0 Å². The van der Waals surface area contributed by atoms with Crippen LogP contribution in [0.4, 0.5) is 0 Å². The van der Waals surface area contributed by atoms with Gasteiger partial charge >= 0.3 is 0 Å². The lowest BCUT2D eigenvalue weighted by Crippen LogP contribution is -2.42. The molecule has 1 saturated carbocycles. The van der Waals surface area contributed by atoms with Crippen LogP contribution in [0.15, 0.2) is 4.99 Å². The lowest BCUT2D eigenvalue weighted by atomic mass is 10.3. The molecular weight excluding hydrogens is 294 g/mol. The second kappa shape index (κ2) is 10.9. The maximum absolute atomic E-state index is 11.9. The van der Waals surface area contributed by atoms with Gasteiger partial charge in [0.05, 0.1) is 6.54 Å². The third-order valence-corrected chi connectivity index (χ3v) is 3.72. The number of carbonyl (C=O) groups is 2. The average molecular weight is 325 g/mol. The Bertz CT molecular complexity index is 403. The normalized spacial score (nSPS) is 14.3. The van der Waals surface area contributed by atoms with Gasteiger partial charge < -0.3 is 20.9 Å². The summed E-state index contributed by atoms with van der Waals surface area (Å²) in [4.78, 5) is 29.6. The first-order chi connectivity index (χ1) is 11.1. The van der Waals surface area contributed by atoms with E-state index in [1.165, 1.54) is 0 Å². The number of hydrogen-bond donors (Lipinski definition) is 3. The minimum Gasteiger partial charge on any atom is -0.357 e. The van der Waals surface area contributed by atoms with E-state index in [0.717, 1.165) is 32.5 Å². The van der Waals surface area contributed by atoms with Gasteiger partial charge in [0.1, 0.15) is 0 Å². The van der Waals surface area contributed by atoms with Gasteiger partial charge in [0, 0.05) is 45.1 Å². The van der Waals surface area contributed by atoms with Crippen LogP contribution >= 0.6 is 0 Å². The number of nitrogens with zero attached hydrogens (tertiary/aromatic N) is 2. The van der Waals surface area contributed by atoms with Gasteiger partial charge in [0.2, 0.25) is 11.8 Å². The van der Waals surface area contributed by atoms with E-state index in [1.807, 2.05) is 25.7 Å². The molecule has 0 bridgehead atoms. The molecule has 132 valence electrons. The van der Waals surface area contributed by atoms with E-state index >= 15 is 0 Å². The molecule has 23 heavy (non-hydrogen) atoms. The van der Waals surface area contributed by atoms with E-state index in [-0.39, 0.29) is 17.7 Å². The predicted octanol–water partition coefficient (Wildman–Crippen LogP) is 0.326. The van der Waals surface area contributed by atoms with Crippen molar-refractivity contribution in [2.45, 2.75) is 40.0 Å². The fraction of sp³-hybridized carbons (Fsp3) is 0.812. The number of nitrogens with one attached hydrogen (secondary N) is 3. The molecule has 0 atom stereocenters. The third kappa shape index (κ3) is 7.85. The summed E-state index contributed by atoms with van der Waals surface area (Å²) in [5, 5.41) is 9.21. The van der Waals surface area contributed by atoms with Gasteiger partial charge in [-0.1, -0.05) is 0 Å². The molecule has 1 aliphatic carbocycles. The number of hydrogen-bond acceptors (Lipinski definition) is 3. The van der Waals surface area contributed by atoms with Crippen LogP contribution in [0.5, 0.6) is 0 Å². The number of amides is 2. The maximum atomic E-state index is 11.9. The van der Waals surface area contributed by atoms with E-state index in [1.54, 1.807) is 0 Å². The number of aliphatic imine (C=N–C) groups is 1. The van der Waals surface area contributed by atoms with Crippen molar-refractivity contribution in [1.82, 2.24) is 20.9 Å². The van der Waals surface area contributed by atoms with Crippen LogP contribution in [0.2, 0.25) is 0 Å². The highest BCUT2D eigenvalue weighted by molar-refractivity contribution is 5.82. The number of carbonyl (C=O) groups excluding carboxylic acids is 2. The van der Waals surface area contributed by atoms with Crippen LogP contribution in [0.1, 0.15) is 40.0 Å². The molecule has 1 aliphatic rings. The minimum atomic E-state index is 0.131. The monoisotopic (exact) mass is 325 g/mol. The molecule has 7 heteroatoms. The van der Waals surface area contributed by atoms with E-state index in [4.69, 9.17) is 0 Å². The summed E-state index contributed by atoms with van der Waals surface area (Å²) in [5.41, 5.74) is 0. The summed E-state index contributed by atoms with van der Waals surface area (Å²) in [7, 11) is 0. The van der Waals surface area contributed by atoms with Crippen molar-refractivity contribution < 1.29 is 9.59 Å². The van der Waals surface area contributed by atoms with Crippen molar-refractivity contribution in [1.29, 1.82) is 0 Å². The second-order valence-electron chi connectivity index (χ2n) is 5.57.